The minimum atomic E-state index is -0.322. The van der Waals surface area contributed by atoms with Gasteiger partial charge in [-0.25, -0.2) is 0 Å². The van der Waals surface area contributed by atoms with E-state index in [9.17, 15) is 15.2 Å². The highest BCUT2D eigenvalue weighted by atomic mass is 16.6. The van der Waals surface area contributed by atoms with E-state index >= 15 is 0 Å². The molecule has 0 fully saturated rings. The van der Waals surface area contributed by atoms with Crippen LogP contribution in [0.2, 0.25) is 0 Å². The van der Waals surface area contributed by atoms with Gasteiger partial charge in [0.05, 0.1) is 4.92 Å². The number of phenols is 1. The lowest BCUT2D eigenvalue weighted by molar-refractivity contribution is -0.384. The van der Waals surface area contributed by atoms with Crippen LogP contribution in [0.15, 0.2) is 121 Å². The normalized spacial score (nSPS) is 11.3. The van der Waals surface area contributed by atoms with Gasteiger partial charge in [0, 0.05) is 25.3 Å². The van der Waals surface area contributed by atoms with E-state index < -0.39 is 0 Å². The third-order valence-electron chi connectivity index (χ3n) is 7.65. The fourth-order valence-corrected chi connectivity index (χ4v) is 5.37. The number of phenolic OH excluding ortho intramolecular Hbond substituents is 1. The Kier molecular flexibility index (Phi) is 11.8. The minimum absolute atomic E-state index is 0.105. The summed E-state index contributed by atoms with van der Waals surface area (Å²) in [4.78, 5) is 11.3. The number of ether oxygens (including phenoxy) is 1. The second-order valence-corrected chi connectivity index (χ2v) is 10.9. The lowest BCUT2D eigenvalue weighted by atomic mass is 9.85. The van der Waals surface area contributed by atoms with Gasteiger partial charge in [0.25, 0.3) is 5.69 Å². The number of hydrogen-bond donors (Lipinski definition) is 1. The highest BCUT2D eigenvalue weighted by Gasteiger charge is 2.17. The Morgan fingerprint density at radius 1 is 0.682 bits per heavy atom. The van der Waals surface area contributed by atoms with Crippen LogP contribution in [0.3, 0.4) is 0 Å². The fourth-order valence-electron chi connectivity index (χ4n) is 5.37. The number of nitrogens with zero attached hydrogens (tertiary/aromatic N) is 1. The molecule has 44 heavy (non-hydrogen) atoms. The zero-order valence-electron chi connectivity index (χ0n) is 25.8. The van der Waals surface area contributed by atoms with Gasteiger partial charge < -0.3 is 9.84 Å². The van der Waals surface area contributed by atoms with Gasteiger partial charge in [-0.05, 0) is 102 Å². The van der Waals surface area contributed by atoms with Crippen molar-refractivity contribution in [2.45, 2.75) is 46.0 Å². The molecule has 5 heteroatoms. The Bertz CT molecular complexity index is 1610. The van der Waals surface area contributed by atoms with Gasteiger partial charge >= 0.3 is 0 Å². The summed E-state index contributed by atoms with van der Waals surface area (Å²) in [7, 11) is 0. The van der Waals surface area contributed by atoms with E-state index in [1.165, 1.54) is 22.3 Å². The van der Waals surface area contributed by atoms with Crippen LogP contribution in [0.4, 0.5) is 5.69 Å². The minimum Gasteiger partial charge on any atom is -0.508 e. The maximum atomic E-state index is 11.6. The van der Waals surface area contributed by atoms with E-state index in [1.54, 1.807) is 24.3 Å². The van der Waals surface area contributed by atoms with Gasteiger partial charge in [-0.2, -0.15) is 0 Å². The molecule has 0 amide bonds. The average molecular weight is 588 g/mol. The predicted octanol–water partition coefficient (Wildman–Crippen LogP) is 9.54. The van der Waals surface area contributed by atoms with E-state index in [2.05, 4.69) is 61.5 Å². The molecule has 5 aromatic rings. The molecule has 0 radical (unpaired) electrons. The van der Waals surface area contributed by atoms with Crippen LogP contribution in [0.25, 0.3) is 11.1 Å². The highest BCUT2D eigenvalue weighted by Crippen LogP contribution is 2.35. The first-order chi connectivity index (χ1) is 21.4. The zero-order chi connectivity index (χ0) is 31.3. The summed E-state index contributed by atoms with van der Waals surface area (Å²) in [5.74, 6) is 0.550. The monoisotopic (exact) mass is 587 g/mol. The second kappa shape index (κ2) is 16.2. The zero-order valence-corrected chi connectivity index (χ0v) is 25.8. The molecule has 5 rings (SSSR count). The van der Waals surface area contributed by atoms with Crippen molar-refractivity contribution in [3.05, 3.63) is 165 Å². The fraction of sp³-hybridized carbons (Fsp3) is 0.231. The molecule has 5 aromatic carbocycles. The molecule has 1 N–H and O–H groups in total. The van der Waals surface area contributed by atoms with Crippen molar-refractivity contribution in [3.8, 4) is 16.9 Å². The predicted molar refractivity (Wildman–Crippen MR) is 179 cm³/mol. The number of nitro benzene ring substituents is 1. The number of rotatable bonds is 11. The molecule has 0 aliphatic rings. The summed E-state index contributed by atoms with van der Waals surface area (Å²) in [6, 6.07) is 39.8. The lowest BCUT2D eigenvalue weighted by Crippen LogP contribution is -2.03. The van der Waals surface area contributed by atoms with Crippen LogP contribution < -0.4 is 0 Å². The smallest absolute Gasteiger partial charge is 0.269 e. The maximum absolute atomic E-state index is 11.6. The Balaban J connectivity index is 0.000000818. The molecule has 0 saturated heterocycles. The SMILES string of the molecule is CC(Cc1ccc(O)cc1)c1ccc(-c2ccc([N+](=O)[O-])cc2Cc2ccccc2)c(Cc2ccccc2)c1.CCOCC. The van der Waals surface area contributed by atoms with Gasteiger partial charge in [-0.1, -0.05) is 97.9 Å². The standard InChI is InChI=1S/C35H31NO3.C4H10O/c1-25(20-28-12-16-33(37)17-13-28)29-14-18-34(30(23-29)21-26-8-4-2-5-9-26)35-19-15-32(36(38)39)24-31(35)22-27-10-6-3-7-11-27;1-3-5-4-2/h2-19,23-25,37H,20-22H2,1H3;3-4H2,1-2H3. The quantitative estimate of drug-likeness (QED) is 0.123. The highest BCUT2D eigenvalue weighted by molar-refractivity contribution is 5.73. The Hall–Kier alpha value is -4.74. The van der Waals surface area contributed by atoms with Crippen molar-refractivity contribution in [3.63, 3.8) is 0 Å². The van der Waals surface area contributed by atoms with Crippen LogP contribution in [0.5, 0.6) is 5.75 Å². The van der Waals surface area contributed by atoms with Gasteiger partial charge in [0.15, 0.2) is 0 Å². The first-order valence-corrected chi connectivity index (χ1v) is 15.2. The van der Waals surface area contributed by atoms with E-state index in [0.717, 1.165) is 48.3 Å². The number of non-ortho nitro benzene ring substituents is 1. The van der Waals surface area contributed by atoms with Crippen LogP contribution >= 0.6 is 0 Å². The number of aromatic hydroxyl groups is 1. The molecular weight excluding hydrogens is 546 g/mol. The lowest BCUT2D eigenvalue weighted by Gasteiger charge is -2.19. The van der Waals surface area contributed by atoms with Crippen molar-refractivity contribution in [2.24, 2.45) is 0 Å². The van der Waals surface area contributed by atoms with Gasteiger partial charge in [-0.15, -0.1) is 0 Å². The van der Waals surface area contributed by atoms with Crippen LogP contribution in [0.1, 0.15) is 60.1 Å². The number of hydrogen-bond acceptors (Lipinski definition) is 4. The topological polar surface area (TPSA) is 72.6 Å². The van der Waals surface area contributed by atoms with Crippen LogP contribution in [0, 0.1) is 10.1 Å². The third-order valence-corrected chi connectivity index (χ3v) is 7.65. The molecule has 0 heterocycles. The van der Waals surface area contributed by atoms with E-state index in [0.29, 0.717) is 6.42 Å². The van der Waals surface area contributed by atoms with Gasteiger partial charge in [-0.3, -0.25) is 10.1 Å². The first kappa shape index (κ1) is 32.2. The Morgan fingerprint density at radius 2 is 1.20 bits per heavy atom. The van der Waals surface area contributed by atoms with Crippen LogP contribution in [-0.4, -0.2) is 23.2 Å². The van der Waals surface area contributed by atoms with Crippen molar-refractivity contribution in [2.75, 3.05) is 13.2 Å². The summed E-state index contributed by atoms with van der Waals surface area (Å²) in [5.41, 5.74) is 9.10. The van der Waals surface area contributed by atoms with Crippen molar-refractivity contribution in [1.29, 1.82) is 0 Å². The van der Waals surface area contributed by atoms with Gasteiger partial charge in [0.2, 0.25) is 0 Å². The Morgan fingerprint density at radius 3 is 1.70 bits per heavy atom. The molecule has 1 atom stereocenters. The molecule has 1 unspecified atom stereocenters. The largest absolute Gasteiger partial charge is 0.508 e. The Labute approximate surface area is 261 Å². The molecule has 0 aliphatic heterocycles. The number of nitro groups is 1. The number of benzene rings is 5. The van der Waals surface area contributed by atoms with Crippen molar-refractivity contribution >= 4 is 5.69 Å². The molecule has 0 spiro atoms. The maximum Gasteiger partial charge on any atom is 0.269 e. The second-order valence-electron chi connectivity index (χ2n) is 10.9. The molecular formula is C39H41NO4. The van der Waals surface area contributed by atoms with E-state index in [-0.39, 0.29) is 22.3 Å². The van der Waals surface area contributed by atoms with E-state index in [4.69, 9.17) is 4.74 Å². The molecule has 0 aliphatic carbocycles. The molecule has 226 valence electrons. The first-order valence-electron chi connectivity index (χ1n) is 15.2. The van der Waals surface area contributed by atoms with Crippen molar-refractivity contribution < 1.29 is 14.8 Å². The molecule has 5 nitrogen and oxygen atoms in total. The van der Waals surface area contributed by atoms with E-state index in [1.807, 2.05) is 56.3 Å². The van der Waals surface area contributed by atoms with Crippen molar-refractivity contribution in [1.82, 2.24) is 0 Å². The summed E-state index contributed by atoms with van der Waals surface area (Å²) in [6.07, 6.45) is 2.24. The molecule has 0 bridgehead atoms. The summed E-state index contributed by atoms with van der Waals surface area (Å²) in [6.45, 7) is 7.89. The van der Waals surface area contributed by atoms with Crippen LogP contribution in [-0.2, 0) is 24.0 Å². The molecule has 0 saturated carbocycles. The molecule has 0 aromatic heterocycles. The summed E-state index contributed by atoms with van der Waals surface area (Å²) in [5, 5.41) is 21.3. The summed E-state index contributed by atoms with van der Waals surface area (Å²) < 4.78 is 4.83. The average Bonchev–Trinajstić information content (AvgIpc) is 3.04. The summed E-state index contributed by atoms with van der Waals surface area (Å²) >= 11 is 0. The van der Waals surface area contributed by atoms with Gasteiger partial charge in [0.1, 0.15) is 5.75 Å². The third kappa shape index (κ3) is 9.13.